The average Bonchev–Trinajstić information content (AvgIpc) is 2.85. The summed E-state index contributed by atoms with van der Waals surface area (Å²) in [6.45, 7) is 11.1. The van der Waals surface area contributed by atoms with E-state index in [1.165, 1.54) is 0 Å². The zero-order chi connectivity index (χ0) is 28.5. The van der Waals surface area contributed by atoms with Gasteiger partial charge in [-0.1, -0.05) is 45.7 Å². The van der Waals surface area contributed by atoms with Crippen LogP contribution in [-0.4, -0.2) is 65.7 Å². The third-order valence-electron chi connectivity index (χ3n) is 4.53. The van der Waals surface area contributed by atoms with Gasteiger partial charge in [-0.05, 0) is 45.0 Å². The first kappa shape index (κ1) is 33.6. The molecule has 2 aromatic heterocycles. The van der Waals surface area contributed by atoms with Gasteiger partial charge in [-0.25, -0.2) is 9.78 Å². The van der Waals surface area contributed by atoms with Crippen LogP contribution < -0.4 is 5.32 Å². The molecule has 0 bridgehead atoms. The molecule has 0 aromatic carbocycles. The molecule has 0 saturated heterocycles. The highest BCUT2D eigenvalue weighted by Crippen LogP contribution is 2.18. The van der Waals surface area contributed by atoms with E-state index < -0.39 is 5.97 Å². The molecule has 0 aliphatic carbocycles. The maximum atomic E-state index is 12.3. The summed E-state index contributed by atoms with van der Waals surface area (Å²) < 4.78 is 16.6. The second kappa shape index (κ2) is 18.8. The molecule has 0 saturated carbocycles. The number of carbonyl (C=O) groups excluding carboxylic acids is 3. The standard InChI is InChI=1S/C24H30Br2N4O6.C2H6/c1-4-34-22(31)12-27-11-18-7-16(25)8-19(28-18)13-30(15-23(32)35-5-2)14-20-9-17(26)10-21(29-20)24(33)36-6-3;1-2/h7-10,27H,4-6,11-15H2,1-3H3;1-2H3. The van der Waals surface area contributed by atoms with Gasteiger partial charge < -0.3 is 19.5 Å². The SMILES string of the molecule is CC.CCOC(=O)CNCc1cc(Br)cc(CN(CC(=O)OCC)Cc2cc(Br)cc(C(=O)OCC)n2)n1. The van der Waals surface area contributed by atoms with Crippen molar-refractivity contribution in [2.45, 2.75) is 54.3 Å². The lowest BCUT2D eigenvalue weighted by atomic mass is 10.2. The number of hydrogen-bond donors (Lipinski definition) is 1. The van der Waals surface area contributed by atoms with Crippen molar-refractivity contribution in [3.8, 4) is 0 Å². The molecule has 10 nitrogen and oxygen atoms in total. The van der Waals surface area contributed by atoms with Crippen molar-refractivity contribution in [1.82, 2.24) is 20.2 Å². The van der Waals surface area contributed by atoms with Crippen LogP contribution in [0.1, 0.15) is 62.2 Å². The van der Waals surface area contributed by atoms with E-state index in [1.807, 2.05) is 30.9 Å². The Balaban J connectivity index is 0.00000352. The lowest BCUT2D eigenvalue weighted by Crippen LogP contribution is -2.31. The normalized spacial score (nSPS) is 10.4. The zero-order valence-electron chi connectivity index (χ0n) is 22.5. The van der Waals surface area contributed by atoms with Crippen LogP contribution in [-0.2, 0) is 43.4 Å². The van der Waals surface area contributed by atoms with Gasteiger partial charge in [0.05, 0.1) is 50.0 Å². The third kappa shape index (κ3) is 12.9. The molecule has 0 fully saturated rings. The van der Waals surface area contributed by atoms with Crippen LogP contribution in [0.4, 0.5) is 0 Å². The van der Waals surface area contributed by atoms with Gasteiger partial charge in [0, 0.05) is 28.6 Å². The van der Waals surface area contributed by atoms with Crippen molar-refractivity contribution in [3.05, 3.63) is 56.0 Å². The number of nitrogens with zero attached hydrogens (tertiary/aromatic N) is 3. The summed E-state index contributed by atoms with van der Waals surface area (Å²) in [6, 6.07) is 7.06. The first-order valence-electron chi connectivity index (χ1n) is 12.5. The Labute approximate surface area is 241 Å². The summed E-state index contributed by atoms with van der Waals surface area (Å²) in [5.41, 5.74) is 2.16. The predicted octanol–water partition coefficient (Wildman–Crippen LogP) is 4.42. The molecule has 0 unspecified atom stereocenters. The smallest absolute Gasteiger partial charge is 0.356 e. The molecule has 1 N–H and O–H groups in total. The van der Waals surface area contributed by atoms with Crippen LogP contribution in [0, 0.1) is 0 Å². The van der Waals surface area contributed by atoms with Gasteiger partial charge in [0.15, 0.2) is 0 Å². The molecule has 0 atom stereocenters. The average molecular weight is 660 g/mol. The maximum absolute atomic E-state index is 12.3. The zero-order valence-corrected chi connectivity index (χ0v) is 25.7. The molecule has 2 aromatic rings. The van der Waals surface area contributed by atoms with Gasteiger partial charge in [0.25, 0.3) is 0 Å². The Morgan fingerprint density at radius 1 is 0.789 bits per heavy atom. The molecule has 210 valence electrons. The van der Waals surface area contributed by atoms with Crippen LogP contribution in [0.5, 0.6) is 0 Å². The lowest BCUT2D eigenvalue weighted by molar-refractivity contribution is -0.145. The molecule has 0 amide bonds. The molecule has 12 heteroatoms. The Hall–Kier alpha value is -2.41. The Bertz CT molecular complexity index is 1050. The number of carbonyl (C=O) groups is 3. The molecule has 0 aliphatic rings. The number of aromatic nitrogens is 2. The van der Waals surface area contributed by atoms with Crippen LogP contribution in [0.25, 0.3) is 0 Å². The van der Waals surface area contributed by atoms with Gasteiger partial charge in [0.2, 0.25) is 0 Å². The van der Waals surface area contributed by atoms with Crippen molar-refractivity contribution in [2.75, 3.05) is 32.9 Å². The monoisotopic (exact) mass is 658 g/mol. The molecule has 38 heavy (non-hydrogen) atoms. The summed E-state index contributed by atoms with van der Waals surface area (Å²) in [6.07, 6.45) is 0. The fraction of sp³-hybridized carbons (Fsp3) is 0.500. The minimum absolute atomic E-state index is 0.00140. The molecule has 0 spiro atoms. The predicted molar refractivity (Wildman–Crippen MR) is 150 cm³/mol. The van der Waals surface area contributed by atoms with Gasteiger partial charge in [-0.2, -0.15) is 0 Å². The highest BCUT2D eigenvalue weighted by molar-refractivity contribution is 9.10. The fourth-order valence-corrected chi connectivity index (χ4v) is 4.25. The number of rotatable bonds is 14. The minimum atomic E-state index is -0.523. The molecular weight excluding hydrogens is 624 g/mol. The van der Waals surface area contributed by atoms with Crippen molar-refractivity contribution >= 4 is 49.8 Å². The van der Waals surface area contributed by atoms with E-state index in [4.69, 9.17) is 14.2 Å². The lowest BCUT2D eigenvalue weighted by Gasteiger charge is -2.21. The number of halogens is 2. The van der Waals surface area contributed by atoms with Crippen molar-refractivity contribution in [3.63, 3.8) is 0 Å². The van der Waals surface area contributed by atoms with Gasteiger partial charge in [-0.3, -0.25) is 19.5 Å². The highest BCUT2D eigenvalue weighted by Gasteiger charge is 2.18. The summed E-state index contributed by atoms with van der Waals surface area (Å²) in [7, 11) is 0. The molecule has 2 heterocycles. The summed E-state index contributed by atoms with van der Waals surface area (Å²) in [5, 5.41) is 3.01. The minimum Gasteiger partial charge on any atom is -0.465 e. The third-order valence-corrected chi connectivity index (χ3v) is 5.45. The van der Waals surface area contributed by atoms with Crippen LogP contribution in [0.2, 0.25) is 0 Å². The van der Waals surface area contributed by atoms with Gasteiger partial charge >= 0.3 is 17.9 Å². The first-order valence-corrected chi connectivity index (χ1v) is 14.1. The molecule has 0 aliphatic heterocycles. The Kier molecular flexibility index (Phi) is 16.6. The summed E-state index contributed by atoms with van der Waals surface area (Å²) in [5.74, 6) is -1.24. The van der Waals surface area contributed by atoms with Crippen molar-refractivity contribution in [2.24, 2.45) is 0 Å². The number of hydrogen-bond acceptors (Lipinski definition) is 10. The second-order valence-corrected chi connectivity index (χ2v) is 9.34. The Morgan fingerprint density at radius 3 is 1.92 bits per heavy atom. The second-order valence-electron chi connectivity index (χ2n) is 7.51. The number of esters is 3. The van der Waals surface area contributed by atoms with Crippen molar-refractivity contribution in [1.29, 1.82) is 0 Å². The first-order chi connectivity index (χ1) is 18.2. The van der Waals surface area contributed by atoms with Crippen LogP contribution in [0.3, 0.4) is 0 Å². The summed E-state index contributed by atoms with van der Waals surface area (Å²) in [4.78, 5) is 46.9. The van der Waals surface area contributed by atoms with Crippen LogP contribution in [0.15, 0.2) is 33.2 Å². The van der Waals surface area contributed by atoms with E-state index in [1.54, 1.807) is 32.9 Å². The van der Waals surface area contributed by atoms with Crippen LogP contribution >= 0.6 is 31.9 Å². The Morgan fingerprint density at radius 2 is 1.32 bits per heavy atom. The quantitative estimate of drug-likeness (QED) is 0.230. The van der Waals surface area contributed by atoms with Gasteiger partial charge in [-0.15, -0.1) is 0 Å². The molecule has 0 radical (unpaired) electrons. The van der Waals surface area contributed by atoms with Gasteiger partial charge in [0.1, 0.15) is 5.69 Å². The maximum Gasteiger partial charge on any atom is 0.356 e. The fourth-order valence-electron chi connectivity index (χ4n) is 3.24. The van der Waals surface area contributed by atoms with E-state index >= 15 is 0 Å². The largest absolute Gasteiger partial charge is 0.465 e. The number of ether oxygens (including phenoxy) is 3. The number of pyridine rings is 2. The van der Waals surface area contributed by atoms with E-state index in [2.05, 4.69) is 47.1 Å². The van der Waals surface area contributed by atoms with E-state index in [0.717, 1.165) is 4.47 Å². The van der Waals surface area contributed by atoms with E-state index in [-0.39, 0.29) is 50.5 Å². The van der Waals surface area contributed by atoms with E-state index in [0.29, 0.717) is 41.3 Å². The highest BCUT2D eigenvalue weighted by atomic mass is 79.9. The topological polar surface area (TPSA) is 120 Å². The molecule has 2 rings (SSSR count). The number of nitrogens with one attached hydrogen (secondary N) is 1. The van der Waals surface area contributed by atoms with Crippen molar-refractivity contribution < 1.29 is 28.6 Å². The molecular formula is C26H36Br2N4O6. The summed E-state index contributed by atoms with van der Waals surface area (Å²) >= 11 is 6.91. The van der Waals surface area contributed by atoms with E-state index in [9.17, 15) is 14.4 Å².